The fraction of sp³-hybridized carbons (Fsp3) is 0.368. The van der Waals surface area contributed by atoms with Gasteiger partial charge in [-0.15, -0.1) is 0 Å². The molecule has 0 bridgehead atoms. The maximum absolute atomic E-state index is 3.48. The Hall–Kier alpha value is -1.64. The Kier molecular flexibility index (Phi) is 4.37. The predicted molar refractivity (Wildman–Crippen MR) is 88.2 cm³/mol. The van der Waals surface area contributed by atoms with Crippen molar-refractivity contribution in [1.82, 2.24) is 10.2 Å². The van der Waals surface area contributed by atoms with Gasteiger partial charge in [0.1, 0.15) is 0 Å². The molecule has 1 atom stereocenters. The van der Waals surface area contributed by atoms with Gasteiger partial charge in [0.15, 0.2) is 0 Å². The van der Waals surface area contributed by atoms with Crippen LogP contribution in [0.2, 0.25) is 0 Å². The Morgan fingerprint density at radius 1 is 1.00 bits per heavy atom. The molecule has 1 heterocycles. The molecule has 2 heteroatoms. The van der Waals surface area contributed by atoms with Gasteiger partial charge >= 0.3 is 0 Å². The summed E-state index contributed by atoms with van der Waals surface area (Å²) in [5.74, 6) is 0. The van der Waals surface area contributed by atoms with E-state index in [-0.39, 0.29) is 0 Å². The number of fused-ring (bicyclic) bond motifs is 1. The molecule has 0 radical (unpaired) electrons. The monoisotopic (exact) mass is 280 g/mol. The van der Waals surface area contributed by atoms with E-state index >= 15 is 0 Å². The summed E-state index contributed by atoms with van der Waals surface area (Å²) in [6.45, 7) is 5.53. The molecule has 2 aromatic rings. The Balaban J connectivity index is 1.61. The average Bonchev–Trinajstić information content (AvgIpc) is 2.92. The third-order valence-electron chi connectivity index (χ3n) is 4.55. The maximum atomic E-state index is 3.48. The third kappa shape index (κ3) is 3.17. The van der Waals surface area contributed by atoms with Crippen LogP contribution in [0.15, 0.2) is 48.5 Å². The van der Waals surface area contributed by atoms with Crippen molar-refractivity contribution in [3.05, 3.63) is 70.8 Å². The highest BCUT2D eigenvalue weighted by Gasteiger charge is 2.19. The van der Waals surface area contributed by atoms with Gasteiger partial charge in [-0.25, -0.2) is 0 Å². The SMILES string of the molecule is CNC(CCN1Cc2ccccc2C1)c1ccccc1C. The first-order valence-corrected chi connectivity index (χ1v) is 7.80. The van der Waals surface area contributed by atoms with E-state index < -0.39 is 0 Å². The largest absolute Gasteiger partial charge is 0.313 e. The summed E-state index contributed by atoms with van der Waals surface area (Å²) < 4.78 is 0. The van der Waals surface area contributed by atoms with Gasteiger partial charge < -0.3 is 5.32 Å². The summed E-state index contributed by atoms with van der Waals surface area (Å²) in [5.41, 5.74) is 5.79. The van der Waals surface area contributed by atoms with Gasteiger partial charge in [-0.2, -0.15) is 0 Å². The van der Waals surface area contributed by atoms with Crippen molar-refractivity contribution in [3.8, 4) is 0 Å². The first kappa shape index (κ1) is 14.3. The smallest absolute Gasteiger partial charge is 0.0332 e. The fourth-order valence-corrected chi connectivity index (χ4v) is 3.31. The molecule has 2 aromatic carbocycles. The number of aryl methyl sites for hydroxylation is 1. The summed E-state index contributed by atoms with van der Waals surface area (Å²) in [6.07, 6.45) is 1.15. The zero-order chi connectivity index (χ0) is 14.7. The molecule has 2 nitrogen and oxygen atoms in total. The average molecular weight is 280 g/mol. The number of benzene rings is 2. The van der Waals surface area contributed by atoms with Crippen molar-refractivity contribution in [2.24, 2.45) is 0 Å². The minimum absolute atomic E-state index is 0.440. The normalized spacial score (nSPS) is 15.9. The lowest BCUT2D eigenvalue weighted by atomic mass is 9.99. The first-order valence-electron chi connectivity index (χ1n) is 7.80. The molecule has 21 heavy (non-hydrogen) atoms. The molecule has 1 unspecified atom stereocenters. The second kappa shape index (κ2) is 6.42. The zero-order valence-corrected chi connectivity index (χ0v) is 13.0. The van der Waals surface area contributed by atoms with E-state index in [0.717, 1.165) is 26.1 Å². The van der Waals surface area contributed by atoms with Crippen molar-refractivity contribution in [1.29, 1.82) is 0 Å². The van der Waals surface area contributed by atoms with Crippen molar-refractivity contribution >= 4 is 0 Å². The maximum Gasteiger partial charge on any atom is 0.0332 e. The van der Waals surface area contributed by atoms with Gasteiger partial charge in [0.2, 0.25) is 0 Å². The summed E-state index contributed by atoms with van der Waals surface area (Å²) in [6, 6.07) is 17.9. The molecule has 0 fully saturated rings. The number of rotatable bonds is 5. The third-order valence-corrected chi connectivity index (χ3v) is 4.55. The van der Waals surface area contributed by atoms with E-state index in [1.807, 2.05) is 0 Å². The van der Waals surface area contributed by atoms with Gasteiger partial charge in [-0.3, -0.25) is 4.90 Å². The van der Waals surface area contributed by atoms with Crippen molar-refractivity contribution in [3.63, 3.8) is 0 Å². The standard InChI is InChI=1S/C19H24N2/c1-15-7-3-6-10-18(15)19(20-2)11-12-21-13-16-8-4-5-9-17(16)14-21/h3-10,19-20H,11-14H2,1-2H3. The van der Waals surface area contributed by atoms with Crippen LogP contribution in [-0.4, -0.2) is 18.5 Å². The van der Waals surface area contributed by atoms with Crippen LogP contribution in [0.3, 0.4) is 0 Å². The minimum Gasteiger partial charge on any atom is -0.313 e. The molecule has 0 aliphatic carbocycles. The Morgan fingerprint density at radius 3 is 2.24 bits per heavy atom. The molecule has 0 aromatic heterocycles. The Bertz CT molecular complexity index is 581. The lowest BCUT2D eigenvalue weighted by Gasteiger charge is -2.22. The number of hydrogen-bond acceptors (Lipinski definition) is 2. The second-order valence-corrected chi connectivity index (χ2v) is 5.97. The topological polar surface area (TPSA) is 15.3 Å². The Morgan fingerprint density at radius 2 is 1.62 bits per heavy atom. The first-order chi connectivity index (χ1) is 10.3. The van der Waals surface area contributed by atoms with Crippen LogP contribution >= 0.6 is 0 Å². The zero-order valence-electron chi connectivity index (χ0n) is 13.0. The number of hydrogen-bond donors (Lipinski definition) is 1. The van der Waals surface area contributed by atoms with Crippen LogP contribution in [0.25, 0.3) is 0 Å². The van der Waals surface area contributed by atoms with Crippen LogP contribution in [-0.2, 0) is 13.1 Å². The number of nitrogens with zero attached hydrogens (tertiary/aromatic N) is 1. The summed E-state index contributed by atoms with van der Waals surface area (Å²) in [4.78, 5) is 2.55. The molecule has 1 N–H and O–H groups in total. The van der Waals surface area contributed by atoms with Gasteiger partial charge in [-0.1, -0.05) is 48.5 Å². The van der Waals surface area contributed by atoms with Crippen LogP contribution < -0.4 is 5.32 Å². The molecule has 110 valence electrons. The highest BCUT2D eigenvalue weighted by Crippen LogP contribution is 2.25. The van der Waals surface area contributed by atoms with E-state index in [1.165, 1.54) is 22.3 Å². The van der Waals surface area contributed by atoms with Crippen LogP contribution in [0.4, 0.5) is 0 Å². The fourth-order valence-electron chi connectivity index (χ4n) is 3.31. The molecule has 0 amide bonds. The second-order valence-electron chi connectivity index (χ2n) is 5.97. The molecule has 3 rings (SSSR count). The molecule has 0 spiro atoms. The van der Waals surface area contributed by atoms with Crippen LogP contribution in [0, 0.1) is 6.92 Å². The minimum atomic E-state index is 0.440. The lowest BCUT2D eigenvalue weighted by molar-refractivity contribution is 0.266. The van der Waals surface area contributed by atoms with E-state index in [9.17, 15) is 0 Å². The highest BCUT2D eigenvalue weighted by atomic mass is 15.1. The Labute approximate surface area is 127 Å². The predicted octanol–water partition coefficient (Wildman–Crippen LogP) is 3.66. The molecule has 1 aliphatic heterocycles. The number of nitrogens with one attached hydrogen (secondary N) is 1. The molecular weight excluding hydrogens is 256 g/mol. The van der Waals surface area contributed by atoms with Gasteiger partial charge in [-0.05, 0) is 42.6 Å². The molecule has 0 saturated heterocycles. The van der Waals surface area contributed by atoms with E-state index in [2.05, 4.69) is 72.7 Å². The molecule has 1 aliphatic rings. The van der Waals surface area contributed by atoms with E-state index in [1.54, 1.807) is 0 Å². The van der Waals surface area contributed by atoms with Crippen molar-refractivity contribution in [2.45, 2.75) is 32.5 Å². The summed E-state index contributed by atoms with van der Waals surface area (Å²) in [7, 11) is 2.07. The van der Waals surface area contributed by atoms with Gasteiger partial charge in [0, 0.05) is 25.7 Å². The van der Waals surface area contributed by atoms with Gasteiger partial charge in [0.05, 0.1) is 0 Å². The molecule has 0 saturated carbocycles. The quantitative estimate of drug-likeness (QED) is 0.899. The van der Waals surface area contributed by atoms with Gasteiger partial charge in [0.25, 0.3) is 0 Å². The van der Waals surface area contributed by atoms with Crippen molar-refractivity contribution < 1.29 is 0 Å². The van der Waals surface area contributed by atoms with Crippen molar-refractivity contribution in [2.75, 3.05) is 13.6 Å². The molecular formula is C19H24N2. The summed E-state index contributed by atoms with van der Waals surface area (Å²) in [5, 5.41) is 3.48. The van der Waals surface area contributed by atoms with Crippen LogP contribution in [0.5, 0.6) is 0 Å². The highest BCUT2D eigenvalue weighted by molar-refractivity contribution is 5.31. The van der Waals surface area contributed by atoms with Crippen LogP contribution in [0.1, 0.15) is 34.7 Å². The van der Waals surface area contributed by atoms with E-state index in [0.29, 0.717) is 6.04 Å². The summed E-state index contributed by atoms with van der Waals surface area (Å²) >= 11 is 0. The lowest BCUT2D eigenvalue weighted by Crippen LogP contribution is -2.25. The van der Waals surface area contributed by atoms with E-state index in [4.69, 9.17) is 0 Å².